The van der Waals surface area contributed by atoms with Crippen molar-refractivity contribution in [3.63, 3.8) is 0 Å². The maximum atomic E-state index is 10.8. The lowest BCUT2D eigenvalue weighted by Gasteiger charge is -2.24. The number of halogens is 1. The third-order valence-corrected chi connectivity index (χ3v) is 1.55. The molecule has 0 aromatic heterocycles. The fourth-order valence-corrected chi connectivity index (χ4v) is 0.865. The molecule has 0 N–H and O–H groups in total. The Morgan fingerprint density at radius 1 is 1.54 bits per heavy atom. The second-order valence-corrected chi connectivity index (χ2v) is 3.27. The van der Waals surface area contributed by atoms with Crippen LogP contribution < -0.4 is 12.4 Å². The first-order valence-electron chi connectivity index (χ1n) is 4.21. The van der Waals surface area contributed by atoms with Gasteiger partial charge in [0, 0.05) is 6.08 Å². The van der Waals surface area contributed by atoms with E-state index >= 15 is 0 Å². The number of rotatable bonds is 5. The predicted octanol–water partition coefficient (Wildman–Crippen LogP) is -1.49. The molecule has 0 spiro atoms. The number of carbonyl (C=O) groups is 1. The van der Waals surface area contributed by atoms with E-state index in [0.717, 1.165) is 19.4 Å². The van der Waals surface area contributed by atoms with Crippen LogP contribution in [0.5, 0.6) is 0 Å². The van der Waals surface area contributed by atoms with Gasteiger partial charge in [0.05, 0.1) is 0 Å². The van der Waals surface area contributed by atoms with Crippen molar-refractivity contribution in [2.45, 2.75) is 19.8 Å². The SMILES string of the molecule is C=CC(=O)O[N+](C)(C)CCCC.[Cl-]. The summed E-state index contributed by atoms with van der Waals surface area (Å²) < 4.78 is 0.276. The summed E-state index contributed by atoms with van der Waals surface area (Å²) in [5.74, 6) is -0.365. The maximum absolute atomic E-state index is 10.8. The minimum absolute atomic E-state index is 0. The Hall–Kier alpha value is -0.540. The topological polar surface area (TPSA) is 26.3 Å². The Morgan fingerprint density at radius 3 is 2.46 bits per heavy atom. The molecule has 0 aliphatic rings. The van der Waals surface area contributed by atoms with Crippen LogP contribution in [0.25, 0.3) is 0 Å². The first-order valence-corrected chi connectivity index (χ1v) is 4.21. The first-order chi connectivity index (χ1) is 5.52. The summed E-state index contributed by atoms with van der Waals surface area (Å²) in [4.78, 5) is 15.9. The lowest BCUT2D eigenvalue weighted by atomic mass is 10.3. The predicted molar refractivity (Wildman–Crippen MR) is 48.2 cm³/mol. The quantitative estimate of drug-likeness (QED) is 0.312. The molecule has 0 bridgehead atoms. The highest BCUT2D eigenvalue weighted by Gasteiger charge is 2.19. The average Bonchev–Trinajstić information content (AvgIpc) is 2.00. The van der Waals surface area contributed by atoms with Gasteiger partial charge in [0.15, 0.2) is 0 Å². The molecule has 78 valence electrons. The molecule has 0 rings (SSSR count). The second-order valence-electron chi connectivity index (χ2n) is 3.27. The second kappa shape index (κ2) is 6.92. The van der Waals surface area contributed by atoms with Gasteiger partial charge in [-0.3, -0.25) is 4.84 Å². The zero-order valence-corrected chi connectivity index (χ0v) is 9.30. The molecule has 0 aliphatic heterocycles. The van der Waals surface area contributed by atoms with Crippen molar-refractivity contribution >= 4 is 5.97 Å². The molecular formula is C9H18ClNO2. The van der Waals surface area contributed by atoms with E-state index < -0.39 is 0 Å². The summed E-state index contributed by atoms with van der Waals surface area (Å²) in [6.45, 7) is 6.29. The van der Waals surface area contributed by atoms with Gasteiger partial charge in [-0.1, -0.05) is 19.9 Å². The summed E-state index contributed by atoms with van der Waals surface area (Å²) in [6.07, 6.45) is 3.34. The van der Waals surface area contributed by atoms with Crippen LogP contribution in [0, 0.1) is 0 Å². The van der Waals surface area contributed by atoms with Gasteiger partial charge in [-0.2, -0.15) is 0 Å². The summed E-state index contributed by atoms with van der Waals surface area (Å²) in [7, 11) is 3.72. The smallest absolute Gasteiger partial charge is 0.389 e. The van der Waals surface area contributed by atoms with E-state index in [1.165, 1.54) is 6.08 Å². The number of quaternary nitrogens is 1. The number of nitrogens with zero attached hydrogens (tertiary/aromatic N) is 1. The van der Waals surface area contributed by atoms with Gasteiger partial charge in [0.2, 0.25) is 0 Å². The minimum atomic E-state index is -0.365. The molecule has 0 radical (unpaired) electrons. The fraction of sp³-hybridized carbons (Fsp3) is 0.667. The van der Waals surface area contributed by atoms with Gasteiger partial charge in [-0.25, -0.2) is 4.79 Å². The molecule has 0 atom stereocenters. The van der Waals surface area contributed by atoms with Gasteiger partial charge in [-0.15, -0.1) is 4.65 Å². The van der Waals surface area contributed by atoms with Crippen molar-refractivity contribution in [1.29, 1.82) is 0 Å². The van der Waals surface area contributed by atoms with Crippen LogP contribution in [0.1, 0.15) is 19.8 Å². The maximum Gasteiger partial charge on any atom is 0.389 e. The minimum Gasteiger partial charge on any atom is -1.00 e. The van der Waals surface area contributed by atoms with E-state index in [-0.39, 0.29) is 23.0 Å². The molecule has 0 aliphatic carbocycles. The standard InChI is InChI=1S/C9H18NO2.ClH/c1-5-7-8-10(3,4)12-9(11)6-2;/h6H,2,5,7-8H2,1,3-4H3;1H/q+1;/p-1. The van der Waals surface area contributed by atoms with Crippen molar-refractivity contribution < 1.29 is 26.7 Å². The zero-order chi connectivity index (χ0) is 9.61. The summed E-state index contributed by atoms with van der Waals surface area (Å²) in [5.41, 5.74) is 0. The molecule has 0 aromatic carbocycles. The highest BCUT2D eigenvalue weighted by atomic mass is 35.5. The van der Waals surface area contributed by atoms with Crippen LogP contribution in [0.15, 0.2) is 12.7 Å². The van der Waals surface area contributed by atoms with Gasteiger partial charge in [-0.05, 0) is 6.42 Å². The van der Waals surface area contributed by atoms with Crippen LogP contribution in [0.4, 0.5) is 0 Å². The van der Waals surface area contributed by atoms with Crippen molar-refractivity contribution in [2.75, 3.05) is 20.6 Å². The van der Waals surface area contributed by atoms with Crippen LogP contribution >= 0.6 is 0 Å². The molecule has 0 amide bonds. The lowest BCUT2D eigenvalue weighted by molar-refractivity contribution is -1.06. The van der Waals surface area contributed by atoms with Gasteiger partial charge in [0.25, 0.3) is 0 Å². The Bertz CT molecular complexity index is 169. The first kappa shape index (κ1) is 15.0. The zero-order valence-electron chi connectivity index (χ0n) is 8.55. The Labute approximate surface area is 86.3 Å². The third kappa shape index (κ3) is 7.81. The van der Waals surface area contributed by atoms with E-state index in [4.69, 9.17) is 4.84 Å². The largest absolute Gasteiger partial charge is 1.00 e. The average molecular weight is 208 g/mol. The molecule has 4 heteroatoms. The monoisotopic (exact) mass is 207 g/mol. The van der Waals surface area contributed by atoms with Crippen LogP contribution in [0.2, 0.25) is 0 Å². The van der Waals surface area contributed by atoms with Crippen molar-refractivity contribution in [3.8, 4) is 0 Å². The van der Waals surface area contributed by atoms with Gasteiger partial charge in [0.1, 0.15) is 20.6 Å². The summed E-state index contributed by atoms with van der Waals surface area (Å²) in [6, 6.07) is 0. The molecular weight excluding hydrogens is 190 g/mol. The Kier molecular flexibility index (Phi) is 7.96. The Balaban J connectivity index is 0. The summed E-state index contributed by atoms with van der Waals surface area (Å²) >= 11 is 0. The third-order valence-electron chi connectivity index (χ3n) is 1.55. The molecule has 3 nitrogen and oxygen atoms in total. The Morgan fingerprint density at radius 2 is 2.08 bits per heavy atom. The number of hydroxylamine groups is 3. The molecule has 0 fully saturated rings. The van der Waals surface area contributed by atoms with Crippen molar-refractivity contribution in [1.82, 2.24) is 0 Å². The van der Waals surface area contributed by atoms with E-state index in [1.807, 2.05) is 14.1 Å². The molecule has 0 heterocycles. The highest BCUT2D eigenvalue weighted by Crippen LogP contribution is 2.03. The fourth-order valence-electron chi connectivity index (χ4n) is 0.865. The summed E-state index contributed by atoms with van der Waals surface area (Å²) in [5, 5.41) is 0. The van der Waals surface area contributed by atoms with E-state index in [0.29, 0.717) is 0 Å². The number of hydrogen-bond acceptors (Lipinski definition) is 2. The van der Waals surface area contributed by atoms with E-state index in [9.17, 15) is 4.79 Å². The van der Waals surface area contributed by atoms with Crippen LogP contribution in [0.3, 0.4) is 0 Å². The van der Waals surface area contributed by atoms with Crippen molar-refractivity contribution in [2.24, 2.45) is 0 Å². The van der Waals surface area contributed by atoms with E-state index in [2.05, 4.69) is 13.5 Å². The van der Waals surface area contributed by atoms with Crippen molar-refractivity contribution in [3.05, 3.63) is 12.7 Å². The molecule has 0 unspecified atom stereocenters. The molecule has 0 saturated carbocycles. The highest BCUT2D eigenvalue weighted by molar-refractivity contribution is 5.80. The van der Waals surface area contributed by atoms with E-state index in [1.54, 1.807) is 0 Å². The molecule has 0 aromatic rings. The normalized spacial score (nSPS) is 10.1. The van der Waals surface area contributed by atoms with Crippen LogP contribution in [-0.4, -0.2) is 31.3 Å². The number of hydrogen-bond donors (Lipinski definition) is 0. The number of unbranched alkanes of at least 4 members (excludes halogenated alkanes) is 1. The number of carbonyl (C=O) groups excluding carboxylic acids is 1. The molecule has 13 heavy (non-hydrogen) atoms. The lowest BCUT2D eigenvalue weighted by Crippen LogP contribution is -3.00. The van der Waals surface area contributed by atoms with Gasteiger partial charge >= 0.3 is 5.97 Å². The van der Waals surface area contributed by atoms with Gasteiger partial charge < -0.3 is 12.4 Å². The molecule has 0 saturated heterocycles. The van der Waals surface area contributed by atoms with Crippen LogP contribution in [-0.2, 0) is 9.63 Å².